The lowest BCUT2D eigenvalue weighted by Gasteiger charge is -2.28. The molecule has 18 nitrogen and oxygen atoms in total. The van der Waals surface area contributed by atoms with Gasteiger partial charge in [0.15, 0.2) is 0 Å². The zero-order chi connectivity index (χ0) is 66.6. The van der Waals surface area contributed by atoms with Crippen molar-refractivity contribution in [3.05, 3.63) is 91.0 Å². The molecule has 0 spiro atoms. The summed E-state index contributed by atoms with van der Waals surface area (Å²) in [7, 11) is 0. The van der Waals surface area contributed by atoms with Gasteiger partial charge in [0, 0.05) is 0 Å². The SMILES string of the molecule is C1CC2OC2CC1C1CO1.CC.CC.CC.CCC.CCC.O=C(OCC1CCC2OC2C1)C1CCC2OC2C1.O=C(OCC1CO1)C1CCCCC1C(=O)OCC1CO1.c1ccc(OCC2CO2)cc1.c1ccc(OCC2CO2)cc1.c1ccc(OCC2CO2)cc1. The third kappa shape index (κ3) is 32.6. The predicted octanol–water partition coefficient (Wildman–Crippen LogP) is 13.6. The van der Waals surface area contributed by atoms with Crippen LogP contribution in [0, 0.1) is 29.6 Å². The Bertz CT molecular complexity index is 2250. The number of hydrogen-bond donors (Lipinski definition) is 0. The third-order valence-electron chi connectivity index (χ3n) is 16.6. The first-order chi connectivity index (χ1) is 45.6. The summed E-state index contributed by atoms with van der Waals surface area (Å²) in [6, 6.07) is 29.4. The molecule has 3 aromatic carbocycles. The van der Waals surface area contributed by atoms with Gasteiger partial charge in [-0.25, -0.2) is 0 Å². The quantitative estimate of drug-likeness (QED) is 0.0619. The summed E-state index contributed by atoms with van der Waals surface area (Å²) in [4.78, 5) is 36.2. The van der Waals surface area contributed by atoms with E-state index in [0.29, 0.717) is 133 Å². The van der Waals surface area contributed by atoms with E-state index in [0.717, 1.165) is 101 Å². The van der Waals surface area contributed by atoms with Crippen molar-refractivity contribution >= 4 is 17.9 Å². The van der Waals surface area contributed by atoms with E-state index in [1.807, 2.05) is 133 Å². The van der Waals surface area contributed by atoms with E-state index in [9.17, 15) is 14.4 Å². The number of ether oxygens (including phenoxy) is 15. The summed E-state index contributed by atoms with van der Waals surface area (Å²) >= 11 is 0. The molecule has 524 valence electrons. The van der Waals surface area contributed by atoms with Gasteiger partial charge in [0.2, 0.25) is 0 Å². The average molecular weight is 1310 g/mol. The van der Waals surface area contributed by atoms with Crippen LogP contribution < -0.4 is 14.2 Å². The van der Waals surface area contributed by atoms with Crippen LogP contribution in [0.2, 0.25) is 0 Å². The molecule has 0 N–H and O–H groups in total. The highest BCUT2D eigenvalue weighted by atomic mass is 16.6. The summed E-state index contributed by atoms with van der Waals surface area (Å²) in [6.45, 7) is 28.6. The van der Waals surface area contributed by atoms with Gasteiger partial charge in [0.05, 0.1) is 107 Å². The van der Waals surface area contributed by atoms with E-state index in [1.54, 1.807) is 0 Å². The first kappa shape index (κ1) is 77.1. The van der Waals surface area contributed by atoms with Gasteiger partial charge >= 0.3 is 17.9 Å². The molecule has 0 amide bonds. The number of carbonyl (C=O) groups excluding carboxylic acids is 3. The predicted molar refractivity (Wildman–Crippen MR) is 357 cm³/mol. The number of hydrogen-bond acceptors (Lipinski definition) is 18. The molecular weight excluding hydrogens is 1190 g/mol. The maximum atomic E-state index is 12.1. The average Bonchev–Trinajstić information content (AvgIpc) is 1.68. The minimum Gasteiger partial charge on any atom is -0.491 e. The van der Waals surface area contributed by atoms with Crippen LogP contribution in [0.25, 0.3) is 0 Å². The second kappa shape index (κ2) is 44.0. The first-order valence-electron chi connectivity index (χ1n) is 35.8. The Hall–Kier alpha value is -4.89. The Morgan fingerprint density at radius 1 is 0.355 bits per heavy atom. The molecule has 16 rings (SSSR count). The Balaban J connectivity index is 0.000000174. The lowest BCUT2D eigenvalue weighted by atomic mass is 9.79. The van der Waals surface area contributed by atoms with Crippen molar-refractivity contribution in [2.24, 2.45) is 29.6 Å². The zero-order valence-corrected chi connectivity index (χ0v) is 57.9. The largest absolute Gasteiger partial charge is 0.491 e. The lowest BCUT2D eigenvalue weighted by Crippen LogP contribution is -2.35. The van der Waals surface area contributed by atoms with Gasteiger partial charge in [-0.1, -0.05) is 150 Å². The van der Waals surface area contributed by atoms with E-state index >= 15 is 0 Å². The Morgan fingerprint density at radius 3 is 1.03 bits per heavy atom. The molecule has 9 aliphatic heterocycles. The Labute approximate surface area is 557 Å². The number of benzene rings is 3. The highest BCUT2D eigenvalue weighted by Gasteiger charge is 2.49. The van der Waals surface area contributed by atoms with Gasteiger partial charge in [-0.05, 0) is 119 Å². The Morgan fingerprint density at radius 2 is 0.688 bits per heavy atom. The van der Waals surface area contributed by atoms with Crippen molar-refractivity contribution in [1.29, 1.82) is 0 Å². The van der Waals surface area contributed by atoms with Crippen LogP contribution in [-0.2, 0) is 71.2 Å². The summed E-state index contributed by atoms with van der Waals surface area (Å²) < 4.78 is 78.8. The van der Waals surface area contributed by atoms with Gasteiger partial charge in [-0.15, -0.1) is 0 Å². The molecule has 18 heteroatoms. The van der Waals surface area contributed by atoms with E-state index in [4.69, 9.17) is 71.1 Å². The van der Waals surface area contributed by atoms with Crippen molar-refractivity contribution in [2.45, 2.75) is 239 Å². The van der Waals surface area contributed by atoms with Crippen LogP contribution in [0.1, 0.15) is 166 Å². The van der Waals surface area contributed by atoms with Gasteiger partial charge in [-0.3, -0.25) is 14.4 Å². The van der Waals surface area contributed by atoms with Gasteiger partial charge < -0.3 is 71.1 Å². The van der Waals surface area contributed by atoms with E-state index < -0.39 is 0 Å². The van der Waals surface area contributed by atoms with Gasteiger partial charge in [0.1, 0.15) is 80.8 Å². The molecule has 9 heterocycles. The Kier molecular flexibility index (Phi) is 36.5. The number of carbonyl (C=O) groups is 3. The molecule has 13 aliphatic rings. The number of epoxide rings is 9. The molecule has 0 bridgehead atoms. The molecule has 0 radical (unpaired) electrons. The molecule has 4 aliphatic carbocycles. The minimum atomic E-state index is -0.366. The summed E-state index contributed by atoms with van der Waals surface area (Å²) in [6.07, 6.45) is 20.8. The van der Waals surface area contributed by atoms with Crippen LogP contribution in [0.5, 0.6) is 17.2 Å². The summed E-state index contributed by atoms with van der Waals surface area (Å²) in [5, 5.41) is 0. The summed E-state index contributed by atoms with van der Waals surface area (Å²) in [5.74, 6) is 2.90. The lowest BCUT2D eigenvalue weighted by molar-refractivity contribution is -0.163. The fourth-order valence-corrected chi connectivity index (χ4v) is 10.9. The van der Waals surface area contributed by atoms with Gasteiger partial charge in [-0.2, -0.15) is 0 Å². The molecule has 93 heavy (non-hydrogen) atoms. The molecule has 4 saturated carbocycles. The fourth-order valence-electron chi connectivity index (χ4n) is 10.9. The zero-order valence-electron chi connectivity index (χ0n) is 57.9. The smallest absolute Gasteiger partial charge is 0.309 e. The van der Waals surface area contributed by atoms with Crippen molar-refractivity contribution in [2.75, 3.05) is 79.3 Å². The van der Waals surface area contributed by atoms with Crippen LogP contribution in [-0.4, -0.2) is 170 Å². The second-order valence-corrected chi connectivity index (χ2v) is 24.7. The highest BCUT2D eigenvalue weighted by Crippen LogP contribution is 2.44. The van der Waals surface area contributed by atoms with Crippen LogP contribution in [0.15, 0.2) is 91.0 Å². The molecule has 3 aromatic rings. The molecule has 9 saturated heterocycles. The van der Waals surface area contributed by atoms with E-state index in [2.05, 4.69) is 27.7 Å². The molecule has 0 aromatic heterocycles. The number of para-hydroxylation sites is 3. The van der Waals surface area contributed by atoms with Crippen LogP contribution in [0.3, 0.4) is 0 Å². The minimum absolute atomic E-state index is 0.00258. The monoisotopic (exact) mass is 1300 g/mol. The first-order valence-corrected chi connectivity index (χ1v) is 35.8. The third-order valence-corrected chi connectivity index (χ3v) is 16.6. The maximum absolute atomic E-state index is 12.1. The molecule has 13 fully saturated rings. The molecule has 17 unspecified atom stereocenters. The van der Waals surface area contributed by atoms with Crippen molar-refractivity contribution in [3.8, 4) is 17.2 Å². The van der Waals surface area contributed by atoms with Gasteiger partial charge in [0.25, 0.3) is 0 Å². The van der Waals surface area contributed by atoms with Crippen molar-refractivity contribution in [1.82, 2.24) is 0 Å². The highest BCUT2D eigenvalue weighted by molar-refractivity contribution is 5.82. The normalized spacial score (nSPS) is 31.4. The summed E-state index contributed by atoms with van der Waals surface area (Å²) in [5.41, 5.74) is 0. The number of fused-ring (bicyclic) bond motifs is 3. The van der Waals surface area contributed by atoms with E-state index in [-0.39, 0.29) is 47.9 Å². The van der Waals surface area contributed by atoms with Crippen LogP contribution in [0.4, 0.5) is 0 Å². The second-order valence-electron chi connectivity index (χ2n) is 24.7. The van der Waals surface area contributed by atoms with E-state index in [1.165, 1.54) is 32.1 Å². The number of rotatable bonds is 19. The fraction of sp³-hybridized carbons (Fsp3) is 0.720. The topological polar surface area (TPSA) is 219 Å². The molecule has 17 atom stereocenters. The van der Waals surface area contributed by atoms with Crippen molar-refractivity contribution in [3.63, 3.8) is 0 Å². The maximum Gasteiger partial charge on any atom is 0.309 e. The molecular formula is C75H116O18. The van der Waals surface area contributed by atoms with Crippen molar-refractivity contribution < 1.29 is 85.4 Å². The number of esters is 3. The standard InChI is InChI=1S/C14H20O6.C14H20O4.3C9H10O2.C8H12O2.2C3H8.3C2H6/c15-13(19-7-9-5-17-9)11-3-1-2-4-12(11)14(16)20-8-10-6-18-10;15-14(9-2-4-11-13(6-9)18-11)16-7-8-1-3-10-12(5-8)17-10;3*1-2-4-8(5-3-1)10-6-9-7-11-9;1-2-6-7(10-6)3-5(1)8-4-9-8;2*1-3-2;3*1-2/h9-12H,1-8H2;8-13H,1-7H2;3*1-5,9H,6-7H2;5-8H,1-4H2;2*3H2,1-2H3;3*1-2H3. The van der Waals surface area contributed by atoms with Crippen LogP contribution >= 0.6 is 0 Å².